The number of hydrogen-bond acceptors (Lipinski definition) is 5. The highest BCUT2D eigenvalue weighted by Crippen LogP contribution is 2.37. The topological polar surface area (TPSA) is 86.6 Å². The van der Waals surface area contributed by atoms with Crippen LogP contribution in [0.3, 0.4) is 0 Å². The van der Waals surface area contributed by atoms with Crippen LogP contribution in [0.15, 0.2) is 0 Å². The van der Waals surface area contributed by atoms with Crippen molar-refractivity contribution in [1.82, 2.24) is 5.32 Å². The second-order valence-electron chi connectivity index (χ2n) is 8.22. The maximum atomic E-state index is 11.4. The standard InChI is InChI=1S/C16H31NO4S/c1-14(2)4-3-5-15(18,7-6-14)12-17-13-16(19)8-10-22(20,21)11-9-16/h17-19H,3-13H2,1-2H3. The van der Waals surface area contributed by atoms with Crippen molar-refractivity contribution in [2.24, 2.45) is 5.41 Å². The maximum absolute atomic E-state index is 11.4. The molecule has 1 aliphatic heterocycles. The van der Waals surface area contributed by atoms with E-state index in [1.807, 2.05) is 0 Å². The molecular weight excluding hydrogens is 302 g/mol. The van der Waals surface area contributed by atoms with Gasteiger partial charge in [0.1, 0.15) is 0 Å². The van der Waals surface area contributed by atoms with Gasteiger partial charge in [-0.2, -0.15) is 0 Å². The van der Waals surface area contributed by atoms with Crippen LogP contribution >= 0.6 is 0 Å². The second kappa shape index (κ2) is 6.38. The van der Waals surface area contributed by atoms with Gasteiger partial charge in [0.15, 0.2) is 9.84 Å². The largest absolute Gasteiger partial charge is 0.389 e. The van der Waals surface area contributed by atoms with Crippen LogP contribution in [0.4, 0.5) is 0 Å². The van der Waals surface area contributed by atoms with E-state index in [4.69, 9.17) is 0 Å². The van der Waals surface area contributed by atoms with Crippen LogP contribution in [0.1, 0.15) is 58.8 Å². The Bertz CT molecular complexity index is 474. The van der Waals surface area contributed by atoms with E-state index in [0.29, 0.717) is 18.5 Å². The van der Waals surface area contributed by atoms with Gasteiger partial charge in [-0.25, -0.2) is 8.42 Å². The lowest BCUT2D eigenvalue weighted by Crippen LogP contribution is -2.50. The molecule has 22 heavy (non-hydrogen) atoms. The minimum atomic E-state index is -2.97. The van der Waals surface area contributed by atoms with E-state index >= 15 is 0 Å². The zero-order valence-electron chi connectivity index (χ0n) is 13.9. The fourth-order valence-electron chi connectivity index (χ4n) is 3.52. The Labute approximate surface area is 134 Å². The molecule has 0 bridgehead atoms. The maximum Gasteiger partial charge on any atom is 0.150 e. The van der Waals surface area contributed by atoms with Crippen molar-refractivity contribution in [2.45, 2.75) is 70.0 Å². The van der Waals surface area contributed by atoms with E-state index in [0.717, 1.165) is 32.1 Å². The third-order valence-electron chi connectivity index (χ3n) is 5.43. The number of sulfone groups is 1. The molecule has 1 aliphatic carbocycles. The molecule has 130 valence electrons. The lowest BCUT2D eigenvalue weighted by molar-refractivity contribution is 0.00176. The quantitative estimate of drug-likeness (QED) is 0.674. The minimum Gasteiger partial charge on any atom is -0.389 e. The van der Waals surface area contributed by atoms with Gasteiger partial charge in [-0.3, -0.25) is 0 Å². The van der Waals surface area contributed by atoms with Crippen LogP contribution in [0, 0.1) is 5.41 Å². The molecule has 0 radical (unpaired) electrons. The first-order valence-corrected chi connectivity index (χ1v) is 10.2. The van der Waals surface area contributed by atoms with Gasteiger partial charge in [0.05, 0.1) is 22.7 Å². The Morgan fingerprint density at radius 2 is 1.41 bits per heavy atom. The first kappa shape index (κ1) is 18.2. The van der Waals surface area contributed by atoms with E-state index in [2.05, 4.69) is 19.2 Å². The summed E-state index contributed by atoms with van der Waals surface area (Å²) >= 11 is 0. The summed E-state index contributed by atoms with van der Waals surface area (Å²) in [6.07, 6.45) is 5.30. The highest BCUT2D eigenvalue weighted by molar-refractivity contribution is 7.91. The van der Waals surface area contributed by atoms with Gasteiger partial charge in [-0.15, -0.1) is 0 Å². The van der Waals surface area contributed by atoms with Crippen LogP contribution in [-0.4, -0.2) is 54.4 Å². The summed E-state index contributed by atoms with van der Waals surface area (Å²) < 4.78 is 22.9. The molecule has 6 heteroatoms. The highest BCUT2D eigenvalue weighted by atomic mass is 32.2. The fourth-order valence-corrected chi connectivity index (χ4v) is 5.10. The van der Waals surface area contributed by atoms with Gasteiger partial charge in [0, 0.05) is 13.1 Å². The summed E-state index contributed by atoms with van der Waals surface area (Å²) in [5.41, 5.74) is -1.36. The molecule has 0 spiro atoms. The van der Waals surface area contributed by atoms with E-state index < -0.39 is 21.0 Å². The molecule has 1 unspecified atom stereocenters. The van der Waals surface area contributed by atoms with Gasteiger partial charge >= 0.3 is 0 Å². The van der Waals surface area contributed by atoms with E-state index in [1.54, 1.807) is 0 Å². The predicted octanol–water partition coefficient (Wildman–Crippen LogP) is 1.24. The smallest absolute Gasteiger partial charge is 0.150 e. The lowest BCUT2D eigenvalue weighted by atomic mass is 9.84. The monoisotopic (exact) mass is 333 g/mol. The number of rotatable bonds is 4. The van der Waals surface area contributed by atoms with Crippen molar-refractivity contribution in [1.29, 1.82) is 0 Å². The van der Waals surface area contributed by atoms with Crippen molar-refractivity contribution in [3.05, 3.63) is 0 Å². The normalized spacial score (nSPS) is 34.0. The molecule has 0 aromatic rings. The predicted molar refractivity (Wildman–Crippen MR) is 87.5 cm³/mol. The number of aliphatic hydroxyl groups is 2. The zero-order valence-corrected chi connectivity index (χ0v) is 14.7. The Morgan fingerprint density at radius 1 is 0.864 bits per heavy atom. The zero-order chi connectivity index (χ0) is 16.5. The average Bonchev–Trinajstić information content (AvgIpc) is 2.54. The summed E-state index contributed by atoms with van der Waals surface area (Å²) in [6, 6.07) is 0. The van der Waals surface area contributed by atoms with Crippen LogP contribution in [-0.2, 0) is 9.84 Å². The molecular formula is C16H31NO4S. The van der Waals surface area contributed by atoms with Gasteiger partial charge in [-0.1, -0.05) is 20.3 Å². The molecule has 1 saturated heterocycles. The Balaban J connectivity index is 1.80. The summed E-state index contributed by atoms with van der Waals surface area (Å²) in [7, 11) is -2.97. The number of hydrogen-bond donors (Lipinski definition) is 3. The Kier molecular flexibility index (Phi) is 5.27. The molecule has 2 aliphatic rings. The van der Waals surface area contributed by atoms with Gasteiger partial charge in [0.25, 0.3) is 0 Å². The van der Waals surface area contributed by atoms with Crippen molar-refractivity contribution in [3.63, 3.8) is 0 Å². The van der Waals surface area contributed by atoms with Crippen molar-refractivity contribution < 1.29 is 18.6 Å². The van der Waals surface area contributed by atoms with Gasteiger partial charge in [-0.05, 0) is 43.9 Å². The van der Waals surface area contributed by atoms with E-state index in [9.17, 15) is 18.6 Å². The first-order chi connectivity index (χ1) is 10.0. The summed E-state index contributed by atoms with van der Waals surface area (Å²) in [4.78, 5) is 0. The molecule has 0 amide bonds. The fraction of sp³-hybridized carbons (Fsp3) is 1.00. The van der Waals surface area contributed by atoms with E-state index in [-0.39, 0.29) is 24.3 Å². The SMILES string of the molecule is CC1(C)CCCC(O)(CNCC2(O)CCS(=O)(=O)CC2)CC1. The van der Waals surface area contributed by atoms with Crippen molar-refractivity contribution in [3.8, 4) is 0 Å². The van der Waals surface area contributed by atoms with Crippen LogP contribution in [0.2, 0.25) is 0 Å². The molecule has 5 nitrogen and oxygen atoms in total. The first-order valence-electron chi connectivity index (χ1n) is 8.39. The van der Waals surface area contributed by atoms with Crippen LogP contribution in [0.25, 0.3) is 0 Å². The Hall–Kier alpha value is -0.170. The molecule has 2 fully saturated rings. The summed E-state index contributed by atoms with van der Waals surface area (Å²) in [5, 5.41) is 24.4. The molecule has 1 heterocycles. The summed E-state index contributed by atoms with van der Waals surface area (Å²) in [6.45, 7) is 5.32. The van der Waals surface area contributed by atoms with Gasteiger partial charge < -0.3 is 15.5 Å². The summed E-state index contributed by atoms with van der Waals surface area (Å²) in [5.74, 6) is 0.118. The van der Waals surface area contributed by atoms with Crippen LogP contribution in [0.5, 0.6) is 0 Å². The van der Waals surface area contributed by atoms with Crippen LogP contribution < -0.4 is 5.32 Å². The third kappa shape index (κ3) is 5.18. The minimum absolute atomic E-state index is 0.0592. The average molecular weight is 333 g/mol. The highest BCUT2D eigenvalue weighted by Gasteiger charge is 2.37. The van der Waals surface area contributed by atoms with Gasteiger partial charge in [0.2, 0.25) is 0 Å². The lowest BCUT2D eigenvalue weighted by Gasteiger charge is -2.34. The number of nitrogens with one attached hydrogen (secondary N) is 1. The molecule has 1 saturated carbocycles. The molecule has 0 aromatic heterocycles. The second-order valence-corrected chi connectivity index (χ2v) is 10.5. The van der Waals surface area contributed by atoms with Crippen molar-refractivity contribution in [2.75, 3.05) is 24.6 Å². The molecule has 2 rings (SSSR count). The van der Waals surface area contributed by atoms with E-state index in [1.165, 1.54) is 0 Å². The molecule has 0 aromatic carbocycles. The van der Waals surface area contributed by atoms with Crippen molar-refractivity contribution >= 4 is 9.84 Å². The molecule has 1 atom stereocenters. The molecule has 3 N–H and O–H groups in total. The Morgan fingerprint density at radius 3 is 2.00 bits per heavy atom. The third-order valence-corrected chi connectivity index (χ3v) is 7.08.